The van der Waals surface area contributed by atoms with E-state index in [4.69, 9.17) is 23.9 Å². The molecule has 2 aromatic heterocycles. The number of H-pyrrole nitrogens is 1. The number of benzene rings is 4. The van der Waals surface area contributed by atoms with Crippen molar-refractivity contribution in [2.24, 2.45) is 28.6 Å². The average Bonchev–Trinajstić information content (AvgIpc) is 3.91. The topological polar surface area (TPSA) is 215 Å². The number of hydrogen-bond acceptors (Lipinski definition) is 11. The molecule has 0 aliphatic heterocycles. The molecule has 2 unspecified atom stereocenters. The van der Waals surface area contributed by atoms with Gasteiger partial charge in [0.2, 0.25) is 5.88 Å². The van der Waals surface area contributed by atoms with Gasteiger partial charge in [0.15, 0.2) is 11.5 Å². The van der Waals surface area contributed by atoms with Gasteiger partial charge in [-0.25, -0.2) is 37.2 Å². The number of ether oxygens (including phenoxy) is 4. The van der Waals surface area contributed by atoms with Crippen LogP contribution in [0.3, 0.4) is 0 Å². The zero-order chi connectivity index (χ0) is 53.5. The predicted octanol–water partition coefficient (Wildman–Crippen LogP) is 13.1. The number of nitrogens with one attached hydrogen (secondary N) is 2. The van der Waals surface area contributed by atoms with Crippen molar-refractivity contribution >= 4 is 50.8 Å². The van der Waals surface area contributed by atoms with Gasteiger partial charge in [0.05, 0.1) is 35.6 Å². The number of carbonyl (C=O) groups excluding carboxylic acids is 2. The van der Waals surface area contributed by atoms with Crippen LogP contribution in [0.4, 0.5) is 21.9 Å². The number of anilines is 3. The van der Waals surface area contributed by atoms with Gasteiger partial charge >= 0.3 is 18.0 Å². The Hall–Kier alpha value is -7.32. The lowest BCUT2D eigenvalue weighted by atomic mass is 9.59. The molecule has 7 rings (SSSR count). The summed E-state index contributed by atoms with van der Waals surface area (Å²) in [5.74, 6) is -1.95. The maximum absolute atomic E-state index is 15.1. The van der Waals surface area contributed by atoms with Crippen molar-refractivity contribution in [1.82, 2.24) is 14.6 Å². The Balaban J connectivity index is 1.30. The second kappa shape index (κ2) is 22.8. The van der Waals surface area contributed by atoms with Gasteiger partial charge in [-0.05, 0) is 96.7 Å². The second-order valence-electron chi connectivity index (χ2n) is 21.3. The largest absolute Gasteiger partial charge is 0.496 e. The van der Waals surface area contributed by atoms with E-state index in [1.54, 1.807) is 48.5 Å². The highest BCUT2D eigenvalue weighted by Gasteiger charge is 2.49. The van der Waals surface area contributed by atoms with Crippen molar-refractivity contribution in [3.8, 4) is 34.8 Å². The summed E-state index contributed by atoms with van der Waals surface area (Å²) in [7, 11) is -3.00. The molecular weight excluding hydrogens is 961 g/mol. The number of hydrogen-bond donors (Lipinski definition) is 3. The van der Waals surface area contributed by atoms with Gasteiger partial charge in [0, 0.05) is 17.5 Å². The summed E-state index contributed by atoms with van der Waals surface area (Å²) in [6.07, 6.45) is 6.25. The second-order valence-corrected chi connectivity index (χ2v) is 22.9. The lowest BCUT2D eigenvalue weighted by Crippen LogP contribution is -2.49. The SMILES string of the molecule is CCCCCCCCOc1ccc(S(=O)(=O)Nc2ccc(OC)c(-c3nc4c(C(=O)OC5C(C(C)(C)C)CC(C)CC5C(C)(C)C)c(C#N)c(OC(=O)N(c5ccccc5)c5ccccc5)n4[nH]3)c2)cc1C(=O)O. The number of nitriles is 1. The number of aromatic carboxylic acids is 1. The fraction of sp³-hybridized carbons (Fsp3) is 0.421. The number of aromatic nitrogens is 3. The van der Waals surface area contributed by atoms with Crippen molar-refractivity contribution in [1.29, 1.82) is 5.26 Å². The molecule has 0 spiro atoms. The van der Waals surface area contributed by atoms with Gasteiger partial charge in [-0.3, -0.25) is 9.82 Å². The highest BCUT2D eigenvalue weighted by molar-refractivity contribution is 7.92. The number of nitrogens with zero attached hydrogens (tertiary/aromatic N) is 4. The number of unbranched alkanes of at least 4 members (excludes halogenated alkanes) is 5. The summed E-state index contributed by atoms with van der Waals surface area (Å²) >= 11 is 0. The van der Waals surface area contributed by atoms with Crippen molar-refractivity contribution in [3.05, 3.63) is 114 Å². The van der Waals surface area contributed by atoms with E-state index < -0.39 is 34.2 Å². The standard InChI is InChI=1S/C57H68N6O10S/c1-10-11-12-13-14-21-30-71-47-29-27-40(34-42(47)53(64)65)74(68,69)61-37-26-28-46(70-9)41(33-37)50-59-51-48(54(66)72-49-44(56(3,4)5)31-36(2)32-45(49)57(6,7)8)43(35-58)52(63(51)60-50)73-55(67)62(38-22-17-15-18-23-38)39-24-19-16-20-25-39/h15-20,22-29,33-34,36,44-45,49,61H,10-14,21,30-32H2,1-9H3,(H,59,60)(H,64,65). The molecule has 0 bridgehead atoms. The highest BCUT2D eigenvalue weighted by Crippen LogP contribution is 2.50. The zero-order valence-corrected chi connectivity index (χ0v) is 44.5. The molecule has 2 atom stereocenters. The molecule has 1 aliphatic carbocycles. The summed E-state index contributed by atoms with van der Waals surface area (Å²) < 4.78 is 56.1. The summed E-state index contributed by atoms with van der Waals surface area (Å²) in [6.45, 7) is 17.4. The van der Waals surface area contributed by atoms with Gasteiger partial charge in [0.25, 0.3) is 10.0 Å². The summed E-state index contributed by atoms with van der Waals surface area (Å²) in [4.78, 5) is 47.9. The minimum Gasteiger partial charge on any atom is -0.496 e. The number of methoxy groups -OCH3 is 1. The van der Waals surface area contributed by atoms with Crippen LogP contribution in [0.1, 0.15) is 133 Å². The van der Waals surface area contributed by atoms with Gasteiger partial charge in [0.1, 0.15) is 40.4 Å². The number of carboxylic acids is 1. The van der Waals surface area contributed by atoms with Gasteiger partial charge in [-0.1, -0.05) is 124 Å². The Labute approximate surface area is 434 Å². The molecule has 2 heterocycles. The van der Waals surface area contributed by atoms with Crippen LogP contribution in [0.15, 0.2) is 102 Å². The third-order valence-electron chi connectivity index (χ3n) is 13.8. The molecule has 0 saturated heterocycles. The highest BCUT2D eigenvalue weighted by atomic mass is 32.2. The van der Waals surface area contributed by atoms with Crippen LogP contribution in [-0.4, -0.2) is 66.0 Å². The number of sulfonamides is 1. The molecule has 17 heteroatoms. The normalized spacial score (nSPS) is 17.0. The molecule has 0 radical (unpaired) electrons. The average molecular weight is 1030 g/mol. The minimum atomic E-state index is -4.41. The van der Waals surface area contributed by atoms with Crippen LogP contribution in [0.5, 0.6) is 17.4 Å². The number of fused-ring (bicyclic) bond motifs is 1. The molecule has 1 amide bonds. The lowest BCUT2D eigenvalue weighted by molar-refractivity contribution is -0.0922. The van der Waals surface area contributed by atoms with Crippen molar-refractivity contribution in [3.63, 3.8) is 0 Å². The fourth-order valence-corrected chi connectivity index (χ4v) is 11.0. The van der Waals surface area contributed by atoms with Gasteiger partial charge in [-0.15, -0.1) is 0 Å². The first-order valence-electron chi connectivity index (χ1n) is 25.3. The number of carboxylic acid groups (broad SMARTS) is 1. The minimum absolute atomic E-state index is 0.0309. The van der Waals surface area contributed by atoms with Crippen LogP contribution in [0.25, 0.3) is 17.0 Å². The third kappa shape index (κ3) is 12.2. The maximum atomic E-state index is 15.1. The van der Waals surface area contributed by atoms with Crippen LogP contribution in [0.2, 0.25) is 0 Å². The van der Waals surface area contributed by atoms with Crippen LogP contribution >= 0.6 is 0 Å². The van der Waals surface area contributed by atoms with E-state index >= 15 is 4.79 Å². The smallest absolute Gasteiger partial charge is 0.425 e. The molecule has 6 aromatic rings. The summed E-state index contributed by atoms with van der Waals surface area (Å²) in [5.41, 5.74) is -0.308. The predicted molar refractivity (Wildman–Crippen MR) is 284 cm³/mol. The van der Waals surface area contributed by atoms with E-state index in [0.717, 1.165) is 57.4 Å². The molecule has 4 aromatic carbocycles. The Morgan fingerprint density at radius 1 is 0.851 bits per heavy atom. The van der Waals surface area contributed by atoms with E-state index in [0.29, 0.717) is 17.3 Å². The summed E-state index contributed by atoms with van der Waals surface area (Å²) in [5, 5.41) is 24.1. The monoisotopic (exact) mass is 1030 g/mol. The zero-order valence-electron chi connectivity index (χ0n) is 43.7. The summed E-state index contributed by atoms with van der Waals surface area (Å²) in [6, 6.07) is 27.8. The van der Waals surface area contributed by atoms with Crippen LogP contribution < -0.4 is 23.8 Å². The number of carbonyl (C=O) groups is 3. The first-order chi connectivity index (χ1) is 35.2. The lowest BCUT2D eigenvalue weighted by Gasteiger charge is -2.50. The molecule has 392 valence electrons. The maximum Gasteiger partial charge on any atom is 0.425 e. The number of amides is 1. The number of para-hydroxylation sites is 2. The Morgan fingerprint density at radius 2 is 1.45 bits per heavy atom. The van der Waals surface area contributed by atoms with Gasteiger partial charge in [-0.2, -0.15) is 5.26 Å². The Bertz CT molecular complexity index is 3050. The number of aromatic amines is 1. The Kier molecular flexibility index (Phi) is 16.8. The van der Waals surface area contributed by atoms with Crippen molar-refractivity contribution in [2.75, 3.05) is 23.3 Å². The molecule has 1 aliphatic rings. The van der Waals surface area contributed by atoms with Crippen molar-refractivity contribution in [2.45, 2.75) is 118 Å². The first-order valence-corrected chi connectivity index (χ1v) is 26.7. The third-order valence-corrected chi connectivity index (χ3v) is 15.2. The Morgan fingerprint density at radius 3 is 2.01 bits per heavy atom. The van der Waals surface area contributed by atoms with Crippen molar-refractivity contribution < 1.29 is 46.9 Å². The fourth-order valence-electron chi connectivity index (χ4n) is 9.90. The number of rotatable bonds is 19. The quantitative estimate of drug-likeness (QED) is 0.0510. The van der Waals surface area contributed by atoms with Crippen LogP contribution in [-0.2, 0) is 14.8 Å². The van der Waals surface area contributed by atoms with Crippen LogP contribution in [0, 0.1) is 39.9 Å². The molecule has 74 heavy (non-hydrogen) atoms. The number of esters is 1. The van der Waals surface area contributed by atoms with E-state index in [-0.39, 0.29) is 91.0 Å². The first kappa shape index (κ1) is 54.5. The van der Waals surface area contributed by atoms with E-state index in [1.165, 1.54) is 46.9 Å². The molecule has 1 saturated carbocycles. The molecule has 1 fully saturated rings. The molecule has 3 N–H and O–H groups in total. The molecule has 16 nitrogen and oxygen atoms in total. The van der Waals surface area contributed by atoms with E-state index in [9.17, 15) is 28.4 Å². The molecular formula is C57H68N6O10S. The van der Waals surface area contributed by atoms with E-state index in [1.807, 2.05) is 12.1 Å². The van der Waals surface area contributed by atoms with E-state index in [2.05, 4.69) is 71.3 Å². The van der Waals surface area contributed by atoms with Gasteiger partial charge < -0.3 is 24.1 Å².